The average Bonchev–Trinajstić information content (AvgIpc) is 2.30. The summed E-state index contributed by atoms with van der Waals surface area (Å²) >= 11 is 1.60. The van der Waals surface area contributed by atoms with Crippen LogP contribution in [-0.2, 0) is 0 Å². The zero-order valence-electron chi connectivity index (χ0n) is 8.76. The Bertz CT molecular complexity index is 487. The molecule has 2 N–H and O–H groups in total. The number of nitrogens with zero attached hydrogens (tertiary/aromatic N) is 1. The van der Waals surface area contributed by atoms with Crippen molar-refractivity contribution in [2.24, 2.45) is 0 Å². The summed E-state index contributed by atoms with van der Waals surface area (Å²) < 4.78 is 0. The molecule has 0 unspecified atom stereocenters. The number of aliphatic hydroxyl groups is 1. The lowest BCUT2D eigenvalue weighted by Crippen LogP contribution is -1.88. The van der Waals surface area contributed by atoms with Crippen LogP contribution in [0.15, 0.2) is 35.5 Å². The normalized spacial score (nSPS) is 10.8. The smallest absolute Gasteiger partial charge is 0.116 e. The summed E-state index contributed by atoms with van der Waals surface area (Å²) in [4.78, 5) is 4.29. The minimum Gasteiger partial charge on any atom is -0.508 e. The molecule has 0 amide bonds. The van der Waals surface area contributed by atoms with Crippen molar-refractivity contribution in [3.05, 3.63) is 30.5 Å². The summed E-state index contributed by atoms with van der Waals surface area (Å²) in [6, 6.07) is 7.20. The lowest BCUT2D eigenvalue weighted by Gasteiger charge is -2.05. The van der Waals surface area contributed by atoms with Crippen LogP contribution in [0.3, 0.4) is 0 Å². The highest BCUT2D eigenvalue weighted by Gasteiger charge is 2.03. The van der Waals surface area contributed by atoms with Crippen molar-refractivity contribution in [1.29, 1.82) is 0 Å². The summed E-state index contributed by atoms with van der Waals surface area (Å²) in [5.74, 6) is 1.09. The molecule has 0 fully saturated rings. The van der Waals surface area contributed by atoms with Crippen molar-refractivity contribution in [2.75, 3.05) is 12.4 Å². The molecule has 0 bridgehead atoms. The fourth-order valence-electron chi connectivity index (χ4n) is 1.48. The van der Waals surface area contributed by atoms with E-state index in [1.165, 1.54) is 0 Å². The van der Waals surface area contributed by atoms with Crippen LogP contribution in [0.2, 0.25) is 0 Å². The molecular formula is C12H13NO2S. The number of phenols is 1. The molecule has 0 aliphatic carbocycles. The summed E-state index contributed by atoms with van der Waals surface area (Å²) in [6.45, 7) is 0.197. The number of thioether (sulfide) groups is 1. The predicted molar refractivity (Wildman–Crippen MR) is 65.8 cm³/mol. The van der Waals surface area contributed by atoms with E-state index >= 15 is 0 Å². The molecule has 0 radical (unpaired) electrons. The highest BCUT2D eigenvalue weighted by Crippen LogP contribution is 2.28. The van der Waals surface area contributed by atoms with E-state index in [0.29, 0.717) is 0 Å². The van der Waals surface area contributed by atoms with E-state index in [-0.39, 0.29) is 12.4 Å². The van der Waals surface area contributed by atoms with Gasteiger partial charge in [0, 0.05) is 23.9 Å². The summed E-state index contributed by atoms with van der Waals surface area (Å²) in [5.41, 5.74) is 0. The Kier molecular flexibility index (Phi) is 3.64. The minimum absolute atomic E-state index is 0.197. The van der Waals surface area contributed by atoms with E-state index in [4.69, 9.17) is 5.11 Å². The lowest BCUT2D eigenvalue weighted by atomic mass is 10.2. The summed E-state index contributed by atoms with van der Waals surface area (Å²) in [5, 5.41) is 21.1. The van der Waals surface area contributed by atoms with Gasteiger partial charge in [0.05, 0.1) is 0 Å². The molecule has 0 saturated carbocycles. The number of aliphatic hydroxyl groups excluding tert-OH is 1. The van der Waals surface area contributed by atoms with Crippen molar-refractivity contribution in [1.82, 2.24) is 4.98 Å². The van der Waals surface area contributed by atoms with Crippen LogP contribution in [0.5, 0.6) is 5.75 Å². The highest BCUT2D eigenvalue weighted by molar-refractivity contribution is 7.99. The monoisotopic (exact) mass is 235 g/mol. The third-order valence-corrected chi connectivity index (χ3v) is 3.35. The topological polar surface area (TPSA) is 53.4 Å². The first kappa shape index (κ1) is 11.2. The maximum absolute atomic E-state index is 9.45. The van der Waals surface area contributed by atoms with Gasteiger partial charge in [0.15, 0.2) is 0 Å². The van der Waals surface area contributed by atoms with E-state index in [1.54, 1.807) is 30.1 Å². The Labute approximate surface area is 98.1 Å². The highest BCUT2D eigenvalue weighted by atomic mass is 32.2. The van der Waals surface area contributed by atoms with E-state index in [0.717, 1.165) is 28.0 Å². The fraction of sp³-hybridized carbons (Fsp3) is 0.250. The number of pyridine rings is 1. The van der Waals surface area contributed by atoms with Crippen LogP contribution < -0.4 is 0 Å². The first-order valence-corrected chi connectivity index (χ1v) is 6.11. The van der Waals surface area contributed by atoms with Gasteiger partial charge in [-0.25, -0.2) is 4.98 Å². The molecule has 16 heavy (non-hydrogen) atoms. The van der Waals surface area contributed by atoms with Gasteiger partial charge < -0.3 is 10.2 Å². The molecule has 0 atom stereocenters. The average molecular weight is 235 g/mol. The van der Waals surface area contributed by atoms with E-state index < -0.39 is 0 Å². The maximum Gasteiger partial charge on any atom is 0.116 e. The number of aromatic nitrogens is 1. The van der Waals surface area contributed by atoms with E-state index in [2.05, 4.69) is 4.98 Å². The Balaban J connectivity index is 2.32. The zero-order chi connectivity index (χ0) is 11.4. The molecule has 84 valence electrons. The Hall–Kier alpha value is -1.26. The molecule has 3 nitrogen and oxygen atoms in total. The Morgan fingerprint density at radius 2 is 2.12 bits per heavy atom. The zero-order valence-corrected chi connectivity index (χ0v) is 9.57. The first-order valence-electron chi connectivity index (χ1n) is 5.12. The van der Waals surface area contributed by atoms with Crippen LogP contribution in [0.25, 0.3) is 10.8 Å². The molecular weight excluding hydrogens is 222 g/mol. The third-order valence-electron chi connectivity index (χ3n) is 2.25. The molecule has 2 rings (SSSR count). The van der Waals surface area contributed by atoms with Crippen molar-refractivity contribution >= 4 is 22.5 Å². The van der Waals surface area contributed by atoms with Gasteiger partial charge in [-0.15, -0.1) is 11.8 Å². The molecule has 4 heteroatoms. The molecule has 0 spiro atoms. The van der Waals surface area contributed by atoms with Crippen molar-refractivity contribution < 1.29 is 10.2 Å². The number of hydrogen-bond acceptors (Lipinski definition) is 4. The van der Waals surface area contributed by atoms with Crippen LogP contribution in [-0.4, -0.2) is 27.6 Å². The van der Waals surface area contributed by atoms with Gasteiger partial charge in [0.25, 0.3) is 0 Å². The molecule has 0 aliphatic rings. The van der Waals surface area contributed by atoms with Crippen LogP contribution in [0, 0.1) is 0 Å². The van der Waals surface area contributed by atoms with E-state index in [9.17, 15) is 5.11 Å². The second-order valence-corrected chi connectivity index (χ2v) is 4.53. The second-order valence-electron chi connectivity index (χ2n) is 3.45. The SMILES string of the molecule is OCCCSc1nccc2ccc(O)cc12. The number of phenolic OH excluding ortho intramolecular Hbond substituents is 1. The van der Waals surface area contributed by atoms with Crippen LogP contribution in [0.4, 0.5) is 0 Å². The predicted octanol–water partition coefficient (Wildman–Crippen LogP) is 2.41. The maximum atomic E-state index is 9.45. The van der Waals surface area contributed by atoms with Gasteiger partial charge in [0.2, 0.25) is 0 Å². The number of benzene rings is 1. The van der Waals surface area contributed by atoms with Gasteiger partial charge >= 0.3 is 0 Å². The van der Waals surface area contributed by atoms with E-state index in [1.807, 2.05) is 12.1 Å². The van der Waals surface area contributed by atoms with Crippen molar-refractivity contribution in [3.63, 3.8) is 0 Å². The molecule has 0 aliphatic heterocycles. The van der Waals surface area contributed by atoms with Crippen molar-refractivity contribution in [3.8, 4) is 5.75 Å². The van der Waals surface area contributed by atoms with Gasteiger partial charge in [-0.1, -0.05) is 6.07 Å². The molecule has 2 aromatic rings. The van der Waals surface area contributed by atoms with Crippen LogP contribution in [0.1, 0.15) is 6.42 Å². The number of aromatic hydroxyl groups is 1. The van der Waals surface area contributed by atoms with Gasteiger partial charge in [-0.05, 0) is 30.0 Å². The number of hydrogen-bond donors (Lipinski definition) is 2. The quantitative estimate of drug-likeness (QED) is 0.631. The molecule has 1 heterocycles. The largest absolute Gasteiger partial charge is 0.508 e. The van der Waals surface area contributed by atoms with Crippen molar-refractivity contribution in [2.45, 2.75) is 11.4 Å². The first-order chi connectivity index (χ1) is 7.81. The van der Waals surface area contributed by atoms with Gasteiger partial charge in [-0.2, -0.15) is 0 Å². The fourth-order valence-corrected chi connectivity index (χ4v) is 2.41. The van der Waals surface area contributed by atoms with Gasteiger partial charge in [-0.3, -0.25) is 0 Å². The second kappa shape index (κ2) is 5.18. The summed E-state index contributed by atoms with van der Waals surface area (Å²) in [6.07, 6.45) is 2.52. The number of rotatable bonds is 4. The standard InChI is InChI=1S/C12H13NO2S/c14-6-1-7-16-12-11-8-10(15)3-2-9(11)4-5-13-12/h2-5,8,14-15H,1,6-7H2. The summed E-state index contributed by atoms with van der Waals surface area (Å²) in [7, 11) is 0. The molecule has 1 aromatic heterocycles. The molecule has 1 aromatic carbocycles. The van der Waals surface area contributed by atoms with Crippen LogP contribution >= 0.6 is 11.8 Å². The number of fused-ring (bicyclic) bond motifs is 1. The Morgan fingerprint density at radius 3 is 2.94 bits per heavy atom. The lowest BCUT2D eigenvalue weighted by molar-refractivity contribution is 0.296. The third kappa shape index (κ3) is 2.46. The van der Waals surface area contributed by atoms with Gasteiger partial charge in [0.1, 0.15) is 10.8 Å². The Morgan fingerprint density at radius 1 is 1.25 bits per heavy atom. The minimum atomic E-state index is 0.197. The molecule has 0 saturated heterocycles.